The number of aromatic nitrogens is 3. The summed E-state index contributed by atoms with van der Waals surface area (Å²) in [6.45, 7) is 0. The predicted octanol–water partition coefficient (Wildman–Crippen LogP) is 0.527. The molecule has 0 saturated heterocycles. The number of fused-ring (bicyclic) bond motifs is 1. The predicted molar refractivity (Wildman–Crippen MR) is 31.8 cm³/mol. The van der Waals surface area contributed by atoms with Crippen LogP contribution in [0.1, 0.15) is 0 Å². The summed E-state index contributed by atoms with van der Waals surface area (Å²) in [5.41, 5.74) is 0.855. The maximum absolute atomic E-state index is 4.00. The zero-order chi connectivity index (χ0) is 6.10. The van der Waals surface area contributed by atoms with Gasteiger partial charge in [0.25, 0.3) is 0 Å². The molecule has 2 aromatic rings. The fraction of sp³-hybridized carbons (Fsp3) is 0. The van der Waals surface area contributed by atoms with Gasteiger partial charge in [0.05, 0.1) is 5.65 Å². The second-order valence-electron chi connectivity index (χ2n) is 1.71. The number of hydrogen-bond donors (Lipinski definition) is 0. The van der Waals surface area contributed by atoms with Gasteiger partial charge in [0.15, 0.2) is 0 Å². The van der Waals surface area contributed by atoms with Crippen molar-refractivity contribution in [1.29, 1.82) is 0 Å². The van der Waals surface area contributed by atoms with Crippen LogP contribution in [0.5, 0.6) is 0 Å². The van der Waals surface area contributed by atoms with Crippen LogP contribution in [0.15, 0.2) is 24.8 Å². The molecule has 0 unspecified atom stereocenters. The van der Waals surface area contributed by atoms with E-state index >= 15 is 0 Å². The van der Waals surface area contributed by atoms with Crippen LogP contribution in [0.4, 0.5) is 0 Å². The molecule has 10 heavy (non-hydrogen) atoms. The number of imidazole rings is 1. The van der Waals surface area contributed by atoms with Crippen molar-refractivity contribution < 1.29 is 32.7 Å². The van der Waals surface area contributed by atoms with E-state index in [4.69, 9.17) is 0 Å². The Labute approximate surface area is 83.4 Å². The van der Waals surface area contributed by atoms with Gasteiger partial charge in [0, 0.05) is 45.1 Å². The van der Waals surface area contributed by atoms with Crippen molar-refractivity contribution in [3.05, 3.63) is 31.0 Å². The third-order valence-electron chi connectivity index (χ3n) is 1.15. The fourth-order valence-corrected chi connectivity index (χ4v) is 0.724. The SMILES string of the molecule is [Y].[c-]1cn2ccnc2cn1. The van der Waals surface area contributed by atoms with E-state index in [9.17, 15) is 0 Å². The van der Waals surface area contributed by atoms with Gasteiger partial charge in [-0.2, -0.15) is 0 Å². The van der Waals surface area contributed by atoms with Gasteiger partial charge in [-0.15, -0.1) is 6.20 Å². The Morgan fingerprint density at radius 1 is 1.50 bits per heavy atom. The normalized spacial score (nSPS) is 9.20. The number of hydrogen-bond acceptors (Lipinski definition) is 2. The first kappa shape index (κ1) is 7.83. The summed E-state index contributed by atoms with van der Waals surface area (Å²) in [6, 6.07) is 0. The zero-order valence-electron chi connectivity index (χ0n) is 5.23. The van der Waals surface area contributed by atoms with Gasteiger partial charge in [-0.05, 0) is 0 Å². The van der Waals surface area contributed by atoms with Crippen molar-refractivity contribution in [3.8, 4) is 0 Å². The molecule has 0 aliphatic carbocycles. The minimum atomic E-state index is 0. The molecule has 0 spiro atoms. The van der Waals surface area contributed by atoms with Gasteiger partial charge in [0.2, 0.25) is 0 Å². The summed E-state index contributed by atoms with van der Waals surface area (Å²) in [7, 11) is 0. The molecular weight excluding hydrogens is 203 g/mol. The van der Waals surface area contributed by atoms with Crippen molar-refractivity contribution in [3.63, 3.8) is 0 Å². The van der Waals surface area contributed by atoms with Crippen LogP contribution in [0.2, 0.25) is 0 Å². The second-order valence-corrected chi connectivity index (χ2v) is 1.71. The van der Waals surface area contributed by atoms with Crippen LogP contribution >= 0.6 is 0 Å². The van der Waals surface area contributed by atoms with Gasteiger partial charge in [0.1, 0.15) is 0 Å². The molecule has 3 nitrogen and oxygen atoms in total. The molecule has 0 aliphatic heterocycles. The molecule has 0 aliphatic rings. The van der Waals surface area contributed by atoms with Crippen molar-refractivity contribution in [2.24, 2.45) is 0 Å². The minimum absolute atomic E-state index is 0. The van der Waals surface area contributed by atoms with E-state index in [1.165, 1.54) is 0 Å². The smallest absolute Gasteiger partial charge is 0.0693 e. The third kappa shape index (κ3) is 1.25. The maximum atomic E-state index is 4.00. The summed E-state index contributed by atoms with van der Waals surface area (Å²) in [5.74, 6) is 0. The van der Waals surface area contributed by atoms with E-state index in [0.717, 1.165) is 5.65 Å². The van der Waals surface area contributed by atoms with E-state index in [-0.39, 0.29) is 32.7 Å². The zero-order valence-corrected chi connectivity index (χ0v) is 8.07. The van der Waals surface area contributed by atoms with Gasteiger partial charge < -0.3 is 9.38 Å². The van der Waals surface area contributed by atoms with Crippen molar-refractivity contribution in [2.75, 3.05) is 0 Å². The van der Waals surface area contributed by atoms with E-state index in [1.54, 1.807) is 18.6 Å². The number of rotatable bonds is 0. The molecule has 0 amide bonds. The first-order valence-electron chi connectivity index (χ1n) is 2.61. The molecule has 2 heterocycles. The largest absolute Gasteiger partial charge is 0.454 e. The quantitative estimate of drug-likeness (QED) is 0.589. The molecule has 4 heteroatoms. The summed E-state index contributed by atoms with van der Waals surface area (Å²) in [4.78, 5) is 7.78. The number of nitrogens with zero attached hydrogens (tertiary/aromatic N) is 3. The summed E-state index contributed by atoms with van der Waals surface area (Å²) < 4.78 is 1.85. The molecule has 0 atom stereocenters. The Kier molecular flexibility index (Phi) is 2.52. The van der Waals surface area contributed by atoms with E-state index in [1.807, 2.05) is 10.6 Å². The van der Waals surface area contributed by atoms with Gasteiger partial charge >= 0.3 is 0 Å². The average molecular weight is 207 g/mol. The molecule has 47 valence electrons. The summed E-state index contributed by atoms with van der Waals surface area (Å²) in [5, 5.41) is 0. The van der Waals surface area contributed by atoms with Crippen LogP contribution in [0.3, 0.4) is 0 Å². The Morgan fingerprint density at radius 3 is 3.20 bits per heavy atom. The van der Waals surface area contributed by atoms with Crippen molar-refractivity contribution in [2.45, 2.75) is 0 Å². The Morgan fingerprint density at radius 2 is 2.40 bits per heavy atom. The van der Waals surface area contributed by atoms with Gasteiger partial charge in [-0.3, -0.25) is 4.98 Å². The second kappa shape index (κ2) is 3.21. The van der Waals surface area contributed by atoms with Gasteiger partial charge in [-0.25, -0.2) is 0 Å². The maximum Gasteiger partial charge on any atom is 0.0693 e. The Hall–Kier alpha value is -0.276. The van der Waals surface area contributed by atoms with Crippen LogP contribution < -0.4 is 0 Å². The Balaban J connectivity index is 0.000000500. The molecule has 0 bridgehead atoms. The topological polar surface area (TPSA) is 30.2 Å². The molecule has 0 saturated carbocycles. The van der Waals surface area contributed by atoms with Crippen LogP contribution in [-0.4, -0.2) is 14.4 Å². The summed E-state index contributed by atoms with van der Waals surface area (Å²) >= 11 is 0. The molecule has 0 aromatic carbocycles. The average Bonchev–Trinajstić information content (AvgIpc) is 2.33. The molecule has 0 N–H and O–H groups in total. The van der Waals surface area contributed by atoms with Crippen LogP contribution in [0, 0.1) is 6.20 Å². The molecule has 2 aromatic heterocycles. The fourth-order valence-electron chi connectivity index (χ4n) is 0.724. The monoisotopic (exact) mass is 207 g/mol. The first-order valence-corrected chi connectivity index (χ1v) is 2.61. The van der Waals surface area contributed by atoms with Crippen molar-refractivity contribution in [1.82, 2.24) is 14.4 Å². The van der Waals surface area contributed by atoms with E-state index in [0.29, 0.717) is 0 Å². The third-order valence-corrected chi connectivity index (χ3v) is 1.15. The van der Waals surface area contributed by atoms with Gasteiger partial charge in [-0.1, -0.05) is 12.4 Å². The molecule has 0 fully saturated rings. The minimum Gasteiger partial charge on any atom is -0.454 e. The molecule has 1 radical (unpaired) electrons. The molecule has 2 rings (SSSR count). The van der Waals surface area contributed by atoms with E-state index in [2.05, 4.69) is 16.2 Å². The molecular formula is C6H4N3Y-. The standard InChI is InChI=1S/C6H4N3.Y/c1-3-9-4-2-8-6(9)5-7-1;/h2-5H;/q-1;. The van der Waals surface area contributed by atoms with Crippen molar-refractivity contribution >= 4 is 5.65 Å². The van der Waals surface area contributed by atoms with Crippen LogP contribution in [0.25, 0.3) is 5.65 Å². The summed E-state index contributed by atoms with van der Waals surface area (Å²) in [6.07, 6.45) is 9.68. The van der Waals surface area contributed by atoms with E-state index < -0.39 is 0 Å². The first-order chi connectivity index (χ1) is 4.47. The van der Waals surface area contributed by atoms with Crippen LogP contribution in [-0.2, 0) is 32.7 Å². The Bertz CT molecular complexity index is 287.